The molecule has 5 unspecified atom stereocenters. The Bertz CT molecular complexity index is 1790. The lowest BCUT2D eigenvalue weighted by Crippen LogP contribution is -2.60. The smallest absolute Gasteiger partial charge is 0.410 e. The summed E-state index contributed by atoms with van der Waals surface area (Å²) in [6.07, 6.45) is -2.90. The van der Waals surface area contributed by atoms with Gasteiger partial charge in [0.2, 0.25) is 5.79 Å². The number of methoxy groups -OCH3 is 1. The molecule has 2 aliphatic rings. The lowest BCUT2D eigenvalue weighted by atomic mass is 9.80. The number of cyclic esters (lactones) is 1. The number of likely N-dealkylation sites (N-methyl/N-ethyl adjacent to an activating group) is 1. The second-order valence-electron chi connectivity index (χ2n) is 20.6. The summed E-state index contributed by atoms with van der Waals surface area (Å²) in [5.41, 5.74) is 8.10. The summed E-state index contributed by atoms with van der Waals surface area (Å²) in [6.45, 7) is 29.0. The second-order valence-corrected chi connectivity index (χ2v) is 25.5. The first kappa shape index (κ1) is 53.6. The van der Waals surface area contributed by atoms with Gasteiger partial charge in [-0.1, -0.05) is 57.9 Å². The third-order valence-electron chi connectivity index (χ3n) is 12.2. The van der Waals surface area contributed by atoms with Gasteiger partial charge in [0.15, 0.2) is 20.7 Å². The highest BCUT2D eigenvalue weighted by Crippen LogP contribution is 2.42. The molecule has 1 aromatic rings. The Kier molecular flexibility index (Phi) is 18.3. The van der Waals surface area contributed by atoms with Crippen LogP contribution in [0.3, 0.4) is 0 Å². The first-order valence-electron chi connectivity index (χ1n) is 22.0. The highest BCUT2D eigenvalue weighted by atomic mass is 28.4. The van der Waals surface area contributed by atoms with Crippen LogP contribution in [0, 0.1) is 11.8 Å². The zero-order chi connectivity index (χ0) is 47.9. The number of esters is 2. The summed E-state index contributed by atoms with van der Waals surface area (Å²) in [5, 5.41) is 3.80. The molecule has 1 saturated heterocycles. The zero-order valence-corrected chi connectivity index (χ0v) is 42.3. The van der Waals surface area contributed by atoms with Crippen molar-refractivity contribution in [2.45, 2.75) is 175 Å². The number of hydrogen-bond acceptors (Lipinski definition) is 13. The van der Waals surface area contributed by atoms with Gasteiger partial charge in [-0.15, -0.1) is 0 Å². The number of rotatable bonds is 19. The largest absolute Gasteiger partial charge is 0.456 e. The number of ether oxygens (including phenoxy) is 7. The summed E-state index contributed by atoms with van der Waals surface area (Å²) in [7, 11) is 3.12. The van der Waals surface area contributed by atoms with E-state index in [1.807, 2.05) is 52.8 Å². The molecule has 0 bridgehead atoms. The average Bonchev–Trinajstić information content (AvgIpc) is 3.16. The molecule has 0 radical (unpaired) electrons. The van der Waals surface area contributed by atoms with Crippen molar-refractivity contribution in [1.82, 2.24) is 9.80 Å². The van der Waals surface area contributed by atoms with E-state index in [1.165, 1.54) is 0 Å². The van der Waals surface area contributed by atoms with Gasteiger partial charge < -0.3 is 47.4 Å². The number of amides is 1. The minimum Gasteiger partial charge on any atom is -0.456 e. The van der Waals surface area contributed by atoms with E-state index in [0.29, 0.717) is 24.2 Å². The number of benzene rings is 1. The third kappa shape index (κ3) is 14.7. The molecule has 0 aliphatic carbocycles. The van der Waals surface area contributed by atoms with Gasteiger partial charge in [-0.05, 0) is 110 Å². The molecule has 3 rings (SSSR count). The molecule has 2 aliphatic heterocycles. The normalized spacial score (nSPS) is 23.6. The van der Waals surface area contributed by atoms with Crippen molar-refractivity contribution in [2.75, 3.05) is 40.9 Å². The van der Waals surface area contributed by atoms with Crippen molar-refractivity contribution in [2.24, 2.45) is 17.0 Å². The van der Waals surface area contributed by atoms with Gasteiger partial charge >= 0.3 is 18.0 Å². The fourth-order valence-electron chi connectivity index (χ4n) is 7.80. The van der Waals surface area contributed by atoms with Crippen LogP contribution in [0.1, 0.15) is 113 Å². The molecule has 0 N–H and O–H groups in total. The number of carbonyl (C=O) groups excluding carboxylic acids is 3. The number of azide groups is 1. The van der Waals surface area contributed by atoms with Crippen molar-refractivity contribution in [3.63, 3.8) is 0 Å². The van der Waals surface area contributed by atoms with Crippen LogP contribution in [0.5, 0.6) is 0 Å². The Labute approximate surface area is 377 Å². The van der Waals surface area contributed by atoms with Crippen LogP contribution in [-0.4, -0.2) is 131 Å². The average molecular weight is 904 g/mol. The summed E-state index contributed by atoms with van der Waals surface area (Å²) in [5.74, 6) is -2.93. The van der Waals surface area contributed by atoms with E-state index in [1.54, 1.807) is 77.8 Å². The van der Waals surface area contributed by atoms with Crippen LogP contribution in [0.2, 0.25) is 18.1 Å². The van der Waals surface area contributed by atoms with Crippen molar-refractivity contribution in [3.05, 3.63) is 57.7 Å². The number of hydrogen-bond donors (Lipinski definition) is 0. The Morgan fingerprint density at radius 3 is 2.21 bits per heavy atom. The van der Waals surface area contributed by atoms with E-state index in [-0.39, 0.29) is 48.4 Å². The second kappa shape index (κ2) is 21.5. The monoisotopic (exact) mass is 904 g/mol. The summed E-state index contributed by atoms with van der Waals surface area (Å²) in [6, 6.07) is 7.81. The molecule has 0 saturated carbocycles. The molecule has 0 aromatic heterocycles. The molecule has 9 atom stereocenters. The summed E-state index contributed by atoms with van der Waals surface area (Å²) >= 11 is 0. The van der Waals surface area contributed by atoms with Crippen LogP contribution >= 0.6 is 0 Å². The standard InChI is InChI=1S/C46H77N5O11Si/c1-29(27-51(42(54)62-43(5,6)7)34(26-48-49-47)28-56-63(17,18)44(8,9)10)25-46(13,55-16)38(31(3)36-32(4)39(52)61-45(11,12)60-36)59-41-37(35(50(14)15)24-30(2)57-41)58-40(53)33-22-20-19-21-23-33/h19-23,29-31,34-35,37-38,41H,24-28H2,1-18H3/t29?,30-,31?,34?,35+,37-,38?,41+,46?/m1/s1. The van der Waals surface area contributed by atoms with Gasteiger partial charge in [-0.3, -0.25) is 0 Å². The van der Waals surface area contributed by atoms with Gasteiger partial charge in [-0.2, -0.15) is 0 Å². The van der Waals surface area contributed by atoms with E-state index in [2.05, 4.69) is 43.9 Å². The van der Waals surface area contributed by atoms with Gasteiger partial charge in [0.25, 0.3) is 0 Å². The maximum absolute atomic E-state index is 14.2. The van der Waals surface area contributed by atoms with Crippen LogP contribution in [-0.2, 0) is 42.4 Å². The van der Waals surface area contributed by atoms with E-state index < -0.39 is 73.8 Å². The molecule has 16 nitrogen and oxygen atoms in total. The highest BCUT2D eigenvalue weighted by molar-refractivity contribution is 6.74. The molecule has 1 fully saturated rings. The quantitative estimate of drug-likeness (QED) is 0.0321. The van der Waals surface area contributed by atoms with Gasteiger partial charge in [0.05, 0.1) is 47.6 Å². The molecular weight excluding hydrogens is 827 g/mol. The third-order valence-corrected chi connectivity index (χ3v) is 16.7. The SMILES string of the molecule is COC(C)(CC(C)CN(C(=O)OC(C)(C)C)C(CN=[N+]=[N-])CO[Si](C)(C)C(C)(C)C)C(O[C@@H]1O[C@H](C)C[C@H](N(C)C)[C@H]1OC(=O)c1ccccc1)C(C)C1=C(C)C(=O)OC(C)(C)O1. The van der Waals surface area contributed by atoms with Crippen molar-refractivity contribution < 1.29 is 52.0 Å². The lowest BCUT2D eigenvalue weighted by Gasteiger charge is -2.48. The van der Waals surface area contributed by atoms with E-state index in [0.717, 1.165) is 0 Å². The molecule has 17 heteroatoms. The minimum atomic E-state index is -2.30. The van der Waals surface area contributed by atoms with E-state index >= 15 is 0 Å². The van der Waals surface area contributed by atoms with Crippen LogP contribution < -0.4 is 0 Å². The molecule has 63 heavy (non-hydrogen) atoms. The van der Waals surface area contributed by atoms with Crippen LogP contribution in [0.15, 0.2) is 46.8 Å². The van der Waals surface area contributed by atoms with Gasteiger partial charge in [0.1, 0.15) is 11.4 Å². The Balaban J connectivity index is 2.16. The molecule has 2 heterocycles. The maximum atomic E-state index is 14.2. The first-order chi connectivity index (χ1) is 29.0. The molecule has 0 spiro atoms. The van der Waals surface area contributed by atoms with Gasteiger partial charge in [0, 0.05) is 44.9 Å². The van der Waals surface area contributed by atoms with E-state index in [4.69, 9.17) is 37.6 Å². The topological polar surface area (TPSA) is 180 Å². The number of carbonyl (C=O) groups is 3. The first-order valence-corrected chi connectivity index (χ1v) is 24.9. The Morgan fingerprint density at radius 2 is 1.67 bits per heavy atom. The molecule has 1 amide bonds. The zero-order valence-electron chi connectivity index (χ0n) is 41.3. The van der Waals surface area contributed by atoms with E-state index in [9.17, 15) is 19.9 Å². The predicted molar refractivity (Wildman–Crippen MR) is 243 cm³/mol. The van der Waals surface area contributed by atoms with Crippen molar-refractivity contribution >= 4 is 26.3 Å². The van der Waals surface area contributed by atoms with Gasteiger partial charge in [-0.25, -0.2) is 14.4 Å². The van der Waals surface area contributed by atoms with Crippen molar-refractivity contribution in [1.29, 1.82) is 0 Å². The lowest BCUT2D eigenvalue weighted by molar-refractivity contribution is -0.298. The maximum Gasteiger partial charge on any atom is 0.410 e. The van der Waals surface area contributed by atoms with Crippen LogP contribution in [0.25, 0.3) is 10.4 Å². The number of nitrogens with zero attached hydrogens (tertiary/aromatic N) is 5. The summed E-state index contributed by atoms with van der Waals surface area (Å²) < 4.78 is 51.0. The van der Waals surface area contributed by atoms with Crippen LogP contribution in [0.4, 0.5) is 4.79 Å². The molecule has 356 valence electrons. The molecular formula is C46H77N5O11Si. The fourth-order valence-corrected chi connectivity index (χ4v) is 8.84. The Hall–Kier alpha value is -3.70. The van der Waals surface area contributed by atoms with Crippen molar-refractivity contribution in [3.8, 4) is 0 Å². The molecule has 1 aromatic carbocycles. The fraction of sp³-hybridized carbons (Fsp3) is 0.761. The Morgan fingerprint density at radius 1 is 1.05 bits per heavy atom. The highest BCUT2D eigenvalue weighted by Gasteiger charge is 2.51. The predicted octanol–water partition coefficient (Wildman–Crippen LogP) is 9.25. The summed E-state index contributed by atoms with van der Waals surface area (Å²) in [4.78, 5) is 47.8. The minimum absolute atomic E-state index is 0.0363.